The van der Waals surface area contributed by atoms with Crippen LogP contribution in [0.15, 0.2) is 58.9 Å². The Morgan fingerprint density at radius 3 is 2.55 bits per heavy atom. The van der Waals surface area contributed by atoms with Crippen LogP contribution in [-0.2, 0) is 31.6 Å². The van der Waals surface area contributed by atoms with Crippen molar-refractivity contribution in [2.75, 3.05) is 36.0 Å². The molecule has 2 aliphatic rings. The number of fused-ring (bicyclic) bond motifs is 1. The number of carbonyl (C=O) groups excluding carboxylic acids is 2. The monoisotopic (exact) mass is 600 g/mol. The zero-order valence-electron chi connectivity index (χ0n) is 22.6. The van der Waals surface area contributed by atoms with Crippen molar-refractivity contribution in [3.05, 3.63) is 69.6 Å². The molecular weight excluding hydrogens is 568 g/mol. The number of amides is 2. The molecule has 0 saturated carbocycles. The highest BCUT2D eigenvalue weighted by atomic mass is 35.5. The molecule has 1 atom stereocenters. The molecule has 0 bridgehead atoms. The van der Waals surface area contributed by atoms with Crippen molar-refractivity contribution in [1.29, 1.82) is 0 Å². The summed E-state index contributed by atoms with van der Waals surface area (Å²) in [6.45, 7) is 5.73. The fraction of sp³-hybridized carbons (Fsp3) is 0.414. The topological polar surface area (TPSA) is 90.9 Å². The quantitative estimate of drug-likeness (QED) is 0.368. The van der Waals surface area contributed by atoms with Gasteiger partial charge in [-0.15, -0.1) is 11.3 Å². The Bertz CT molecular complexity index is 1480. The molecule has 1 saturated heterocycles. The van der Waals surface area contributed by atoms with E-state index in [0.717, 1.165) is 30.6 Å². The molecule has 3 aromatic rings. The second-order valence-electron chi connectivity index (χ2n) is 10.7. The second-order valence-corrected chi connectivity index (χ2v) is 14.1. The van der Waals surface area contributed by atoms with E-state index in [1.165, 1.54) is 23.5 Å². The number of piperazine rings is 1. The second kappa shape index (κ2) is 11.9. The van der Waals surface area contributed by atoms with Crippen molar-refractivity contribution in [2.24, 2.45) is 5.92 Å². The molecule has 1 fully saturated rings. The van der Waals surface area contributed by atoms with Crippen molar-refractivity contribution in [3.63, 3.8) is 0 Å². The van der Waals surface area contributed by atoms with Gasteiger partial charge in [-0.1, -0.05) is 25.4 Å². The lowest BCUT2D eigenvalue weighted by Crippen LogP contribution is -2.58. The molecule has 2 aliphatic heterocycles. The first kappa shape index (κ1) is 28.6. The van der Waals surface area contributed by atoms with E-state index in [0.29, 0.717) is 41.1 Å². The predicted molar refractivity (Wildman–Crippen MR) is 159 cm³/mol. The number of sulfone groups is 1. The number of halogens is 1. The van der Waals surface area contributed by atoms with Gasteiger partial charge < -0.3 is 14.7 Å². The molecule has 0 unspecified atom stereocenters. The van der Waals surface area contributed by atoms with Gasteiger partial charge in [0.05, 0.1) is 4.90 Å². The van der Waals surface area contributed by atoms with Crippen LogP contribution >= 0.6 is 22.9 Å². The summed E-state index contributed by atoms with van der Waals surface area (Å²) in [6.07, 6.45) is 4.14. The lowest BCUT2D eigenvalue weighted by molar-refractivity contribution is -0.138. The lowest BCUT2D eigenvalue weighted by atomic mass is 9.95. The molecule has 1 aromatic heterocycles. The van der Waals surface area contributed by atoms with E-state index in [1.54, 1.807) is 33.5 Å². The number of aromatic nitrogens is 1. The number of carbonyl (C=O) groups is 2. The van der Waals surface area contributed by atoms with Gasteiger partial charge in [0, 0.05) is 47.6 Å². The maximum atomic E-state index is 13.9. The molecule has 212 valence electrons. The average Bonchev–Trinajstić information content (AvgIpc) is 3.43. The van der Waals surface area contributed by atoms with Gasteiger partial charge in [0.15, 0.2) is 9.84 Å². The Morgan fingerprint density at radius 1 is 1.10 bits per heavy atom. The number of hydrogen-bond donors (Lipinski definition) is 0. The van der Waals surface area contributed by atoms with E-state index >= 15 is 0 Å². The van der Waals surface area contributed by atoms with E-state index in [-0.39, 0.29) is 35.0 Å². The number of nitrogens with zero attached hydrogens (tertiary/aromatic N) is 4. The first-order valence-electron chi connectivity index (χ1n) is 13.5. The largest absolute Gasteiger partial charge is 0.359 e. The average molecular weight is 601 g/mol. The fourth-order valence-corrected chi connectivity index (χ4v) is 7.92. The van der Waals surface area contributed by atoms with Crippen LogP contribution in [-0.4, -0.2) is 62.3 Å². The van der Waals surface area contributed by atoms with Crippen LogP contribution in [0.2, 0.25) is 5.02 Å². The highest BCUT2D eigenvalue weighted by Gasteiger charge is 2.36. The Balaban J connectivity index is 1.28. The third kappa shape index (κ3) is 6.19. The molecule has 2 amide bonds. The SMILES string of the molecule is CC(C)C[C@H](C(=O)N1CCN(c2ccc(S(=O)(=O)Cc3nccs3)cc2)C(=O)C1)N1CCCc2cc(Cl)ccc21. The Labute approximate surface area is 244 Å². The number of benzene rings is 2. The molecule has 2 aromatic carbocycles. The Kier molecular flexibility index (Phi) is 8.49. The summed E-state index contributed by atoms with van der Waals surface area (Å²) in [5.74, 6) is -0.0789. The normalized spacial score (nSPS) is 16.8. The van der Waals surface area contributed by atoms with Crippen LogP contribution in [0.4, 0.5) is 11.4 Å². The van der Waals surface area contributed by atoms with Crippen molar-refractivity contribution >= 4 is 56.0 Å². The molecule has 40 heavy (non-hydrogen) atoms. The molecule has 8 nitrogen and oxygen atoms in total. The predicted octanol–water partition coefficient (Wildman–Crippen LogP) is 4.81. The Hall–Kier alpha value is -2.95. The van der Waals surface area contributed by atoms with E-state index in [1.807, 2.05) is 18.2 Å². The van der Waals surface area contributed by atoms with E-state index in [9.17, 15) is 18.0 Å². The van der Waals surface area contributed by atoms with Gasteiger partial charge in [0.2, 0.25) is 11.8 Å². The smallest absolute Gasteiger partial charge is 0.246 e. The van der Waals surface area contributed by atoms with Crippen molar-refractivity contribution in [1.82, 2.24) is 9.88 Å². The molecule has 11 heteroatoms. The van der Waals surface area contributed by atoms with E-state index in [4.69, 9.17) is 11.6 Å². The van der Waals surface area contributed by atoms with Gasteiger partial charge in [-0.3, -0.25) is 9.59 Å². The minimum Gasteiger partial charge on any atom is -0.359 e. The number of anilines is 2. The standard InChI is InChI=1S/C29H33ClN4O4S2/c1-20(2)16-26(34-12-3-4-21-17-22(30)5-10-25(21)34)29(36)32-13-14-33(28(35)18-32)23-6-8-24(9-7-23)40(37,38)19-27-31-11-15-39-27/h5-11,15,17,20,26H,3-4,12-14,16,18-19H2,1-2H3/t26-/m1/s1. The molecular formula is C29H33ClN4O4S2. The summed E-state index contributed by atoms with van der Waals surface area (Å²) in [7, 11) is -3.54. The zero-order valence-corrected chi connectivity index (χ0v) is 25.0. The molecule has 0 radical (unpaired) electrons. The van der Waals surface area contributed by atoms with Gasteiger partial charge in [-0.05, 0) is 73.2 Å². The molecule has 0 spiro atoms. The lowest BCUT2D eigenvalue weighted by Gasteiger charge is -2.42. The molecule has 3 heterocycles. The number of rotatable bonds is 8. The van der Waals surface area contributed by atoms with Crippen LogP contribution in [0.1, 0.15) is 37.3 Å². The van der Waals surface area contributed by atoms with Gasteiger partial charge in [-0.2, -0.15) is 0 Å². The summed E-state index contributed by atoms with van der Waals surface area (Å²) >= 11 is 7.54. The van der Waals surface area contributed by atoms with Crippen LogP contribution in [0, 0.1) is 5.92 Å². The first-order valence-corrected chi connectivity index (χ1v) is 16.4. The summed E-state index contributed by atoms with van der Waals surface area (Å²) in [5.41, 5.74) is 2.81. The van der Waals surface area contributed by atoms with Gasteiger partial charge in [0.25, 0.3) is 0 Å². The summed E-state index contributed by atoms with van der Waals surface area (Å²) in [4.78, 5) is 36.9. The van der Waals surface area contributed by atoms with Crippen molar-refractivity contribution < 1.29 is 18.0 Å². The van der Waals surface area contributed by atoms with Crippen LogP contribution in [0.3, 0.4) is 0 Å². The van der Waals surface area contributed by atoms with Gasteiger partial charge >= 0.3 is 0 Å². The van der Waals surface area contributed by atoms with Crippen LogP contribution < -0.4 is 9.80 Å². The van der Waals surface area contributed by atoms with Gasteiger partial charge in [0.1, 0.15) is 23.3 Å². The maximum absolute atomic E-state index is 13.9. The number of hydrogen-bond acceptors (Lipinski definition) is 7. The third-order valence-corrected chi connectivity index (χ3v) is 10.2. The third-order valence-electron chi connectivity index (χ3n) is 7.39. The first-order chi connectivity index (χ1) is 19.1. The number of aryl methyl sites for hydroxylation is 1. The highest BCUT2D eigenvalue weighted by molar-refractivity contribution is 7.90. The molecule has 5 rings (SSSR count). The van der Waals surface area contributed by atoms with Gasteiger partial charge in [-0.25, -0.2) is 13.4 Å². The van der Waals surface area contributed by atoms with E-state index in [2.05, 4.69) is 23.7 Å². The van der Waals surface area contributed by atoms with Crippen LogP contribution in [0.5, 0.6) is 0 Å². The highest BCUT2D eigenvalue weighted by Crippen LogP contribution is 2.33. The fourth-order valence-electron chi connectivity index (χ4n) is 5.48. The molecule has 0 N–H and O–H groups in total. The zero-order chi connectivity index (χ0) is 28.4. The molecule has 0 aliphatic carbocycles. The van der Waals surface area contributed by atoms with Crippen molar-refractivity contribution in [2.45, 2.75) is 49.8 Å². The Morgan fingerprint density at radius 2 is 1.88 bits per heavy atom. The maximum Gasteiger partial charge on any atom is 0.246 e. The van der Waals surface area contributed by atoms with E-state index < -0.39 is 9.84 Å². The summed E-state index contributed by atoms with van der Waals surface area (Å²) < 4.78 is 25.5. The summed E-state index contributed by atoms with van der Waals surface area (Å²) in [6, 6.07) is 11.9. The minimum absolute atomic E-state index is 0.0150. The minimum atomic E-state index is -3.54. The van der Waals surface area contributed by atoms with Crippen molar-refractivity contribution in [3.8, 4) is 0 Å². The summed E-state index contributed by atoms with van der Waals surface area (Å²) in [5, 5.41) is 2.98. The number of thiazole rings is 1. The van der Waals surface area contributed by atoms with Crippen LogP contribution in [0.25, 0.3) is 0 Å².